The molecule has 0 bridgehead atoms. The summed E-state index contributed by atoms with van der Waals surface area (Å²) in [5, 5.41) is 21.5. The van der Waals surface area contributed by atoms with Gasteiger partial charge < -0.3 is 19.8 Å². The molecule has 0 spiro atoms. The van der Waals surface area contributed by atoms with Gasteiger partial charge in [0.1, 0.15) is 11.5 Å². The second-order valence-corrected chi connectivity index (χ2v) is 13.1. The van der Waals surface area contributed by atoms with E-state index < -0.39 is 47.7 Å². The highest BCUT2D eigenvalue weighted by atomic mass is 35.5. The Kier molecular flexibility index (Phi) is 9.48. The molecule has 0 saturated carbocycles. The smallest absolute Gasteiger partial charge is 0.407 e. The topological polar surface area (TPSA) is 130 Å². The first-order valence-corrected chi connectivity index (χ1v) is 16.2. The molecule has 6 rings (SSSR count). The number of carbonyl (C=O) groups is 2. The van der Waals surface area contributed by atoms with Crippen molar-refractivity contribution in [2.45, 2.75) is 62.6 Å². The lowest BCUT2D eigenvalue weighted by Crippen LogP contribution is -2.50. The number of alkyl halides is 3. The molecule has 2 fully saturated rings. The van der Waals surface area contributed by atoms with Crippen LogP contribution in [-0.2, 0) is 16.1 Å². The maximum atomic E-state index is 13.8. The standard InChI is InChI=1S/C34H35ClF3N5O6/c1-21-17-42(32(46)47)27(18-49-21)23-7-9-24(10-8-23)43-28(35)15-25-30(43)39-20-41(31(25)45)19-33(48)11-13-40(14-12-33)29(44)16-26(34(36,37)38)22-5-3-2-4-6-22/h2-10,15,20-21,26-27,48H,11-14,16-19H2,1H3,(H,46,47)/t21-,26?,27-/m0/s1. The Bertz CT molecular complexity index is 1890. The molecule has 4 aromatic rings. The number of nitrogens with zero attached hydrogens (tertiary/aromatic N) is 5. The van der Waals surface area contributed by atoms with Gasteiger partial charge in [-0.1, -0.05) is 54.1 Å². The SMILES string of the molecule is C[C@H]1CN(C(=O)O)[C@H](c2ccc(-n3c(Cl)cc4c(=O)n(CC5(O)CCN(C(=O)CC(c6ccccc6)C(F)(F)F)CC5)cnc43)cc2)CO1. The van der Waals surface area contributed by atoms with Crippen LogP contribution in [0.15, 0.2) is 71.8 Å². The van der Waals surface area contributed by atoms with Gasteiger partial charge in [-0.2, -0.15) is 13.2 Å². The van der Waals surface area contributed by atoms with Gasteiger partial charge >= 0.3 is 12.3 Å². The highest BCUT2D eigenvalue weighted by Gasteiger charge is 2.43. The number of piperidine rings is 1. The number of carboxylic acid groups (broad SMARTS) is 1. The van der Waals surface area contributed by atoms with Crippen LogP contribution < -0.4 is 5.56 Å². The molecule has 2 N–H and O–H groups in total. The van der Waals surface area contributed by atoms with Gasteiger partial charge in [0.25, 0.3) is 5.56 Å². The van der Waals surface area contributed by atoms with Gasteiger partial charge in [-0.3, -0.25) is 23.6 Å². The quantitative estimate of drug-likeness (QED) is 0.265. The molecular weight excluding hydrogens is 667 g/mol. The number of hydrogen-bond donors (Lipinski definition) is 2. The Morgan fingerprint density at radius 3 is 2.41 bits per heavy atom. The molecule has 3 atom stereocenters. The molecule has 11 nitrogen and oxygen atoms in total. The number of ether oxygens (including phenoxy) is 1. The van der Waals surface area contributed by atoms with Gasteiger partial charge in [-0.05, 0) is 49.1 Å². The van der Waals surface area contributed by atoms with Crippen molar-refractivity contribution < 1.29 is 37.7 Å². The van der Waals surface area contributed by atoms with Gasteiger partial charge in [0, 0.05) is 25.2 Å². The molecule has 49 heavy (non-hydrogen) atoms. The monoisotopic (exact) mass is 701 g/mol. The Hall–Kier alpha value is -4.40. The molecule has 15 heteroatoms. The first-order chi connectivity index (χ1) is 23.2. The fourth-order valence-corrected chi connectivity index (χ4v) is 6.93. The molecule has 1 unspecified atom stereocenters. The number of halogens is 4. The fourth-order valence-electron chi connectivity index (χ4n) is 6.64. The summed E-state index contributed by atoms with van der Waals surface area (Å²) in [7, 11) is 0. The molecule has 260 valence electrons. The number of carbonyl (C=O) groups excluding carboxylic acids is 1. The fraction of sp³-hybridized carbons (Fsp3) is 0.412. The van der Waals surface area contributed by atoms with Crippen LogP contribution in [0.1, 0.15) is 49.3 Å². The summed E-state index contributed by atoms with van der Waals surface area (Å²) < 4.78 is 50.0. The number of likely N-dealkylation sites (tertiary alicyclic amines) is 1. The van der Waals surface area contributed by atoms with Gasteiger partial charge in [-0.25, -0.2) is 9.78 Å². The largest absolute Gasteiger partial charge is 0.465 e. The molecule has 2 aromatic heterocycles. The summed E-state index contributed by atoms with van der Waals surface area (Å²) in [4.78, 5) is 45.4. The summed E-state index contributed by atoms with van der Waals surface area (Å²) in [6.07, 6.45) is -5.16. The summed E-state index contributed by atoms with van der Waals surface area (Å²) in [5.74, 6) is -2.59. The van der Waals surface area contributed by atoms with Crippen LogP contribution in [0.25, 0.3) is 16.7 Å². The van der Waals surface area contributed by atoms with Crippen LogP contribution in [-0.4, -0.2) is 90.3 Å². The lowest BCUT2D eigenvalue weighted by molar-refractivity contribution is -0.162. The minimum atomic E-state index is -4.60. The summed E-state index contributed by atoms with van der Waals surface area (Å²) >= 11 is 6.58. The van der Waals surface area contributed by atoms with Gasteiger partial charge in [0.05, 0.1) is 48.7 Å². The van der Waals surface area contributed by atoms with Gasteiger partial charge in [0.15, 0.2) is 5.65 Å². The Labute approximate surface area is 284 Å². The van der Waals surface area contributed by atoms with E-state index in [1.807, 2.05) is 6.92 Å². The zero-order valence-electron chi connectivity index (χ0n) is 26.5. The van der Waals surface area contributed by atoms with Crippen molar-refractivity contribution in [1.29, 1.82) is 0 Å². The number of morpholine rings is 1. The maximum Gasteiger partial charge on any atom is 0.407 e. The number of amides is 2. The molecule has 0 radical (unpaired) electrons. The van der Waals surface area contributed by atoms with Crippen molar-refractivity contribution in [2.24, 2.45) is 0 Å². The van der Waals surface area contributed by atoms with E-state index in [0.717, 1.165) is 5.56 Å². The Morgan fingerprint density at radius 2 is 1.78 bits per heavy atom. The highest BCUT2D eigenvalue weighted by Crippen LogP contribution is 2.38. The molecule has 2 saturated heterocycles. The highest BCUT2D eigenvalue weighted by molar-refractivity contribution is 6.31. The number of fused-ring (bicyclic) bond motifs is 1. The predicted octanol–water partition coefficient (Wildman–Crippen LogP) is 5.37. The van der Waals surface area contributed by atoms with E-state index in [9.17, 15) is 37.8 Å². The van der Waals surface area contributed by atoms with Crippen molar-refractivity contribution in [3.05, 3.63) is 93.6 Å². The zero-order valence-corrected chi connectivity index (χ0v) is 27.3. The lowest BCUT2D eigenvalue weighted by Gasteiger charge is -2.39. The molecular formula is C34H35ClF3N5O6. The first kappa shape index (κ1) is 34.5. The third-order valence-corrected chi connectivity index (χ3v) is 9.66. The van der Waals surface area contributed by atoms with E-state index >= 15 is 0 Å². The van der Waals surface area contributed by atoms with Crippen molar-refractivity contribution in [3.8, 4) is 5.69 Å². The van der Waals surface area contributed by atoms with E-state index in [0.29, 0.717) is 5.69 Å². The Morgan fingerprint density at radius 1 is 1.10 bits per heavy atom. The van der Waals surface area contributed by atoms with Crippen LogP contribution in [0.2, 0.25) is 5.15 Å². The third-order valence-electron chi connectivity index (χ3n) is 9.38. The maximum absolute atomic E-state index is 13.8. The van der Waals surface area contributed by atoms with Crippen LogP contribution in [0.4, 0.5) is 18.0 Å². The van der Waals surface area contributed by atoms with Crippen molar-refractivity contribution >= 4 is 34.6 Å². The van der Waals surface area contributed by atoms with E-state index in [4.69, 9.17) is 16.3 Å². The number of benzene rings is 2. The molecule has 2 aliphatic heterocycles. The van der Waals surface area contributed by atoms with E-state index in [-0.39, 0.29) is 73.5 Å². The van der Waals surface area contributed by atoms with Crippen molar-refractivity contribution in [3.63, 3.8) is 0 Å². The average Bonchev–Trinajstić information content (AvgIpc) is 3.41. The van der Waals surface area contributed by atoms with E-state index in [2.05, 4.69) is 4.98 Å². The molecule has 2 amide bonds. The second-order valence-electron chi connectivity index (χ2n) is 12.7. The average molecular weight is 702 g/mol. The number of aromatic nitrogens is 3. The molecule has 2 aliphatic rings. The van der Waals surface area contributed by atoms with Crippen LogP contribution in [0.3, 0.4) is 0 Å². The Balaban J connectivity index is 1.14. The van der Waals surface area contributed by atoms with E-state index in [1.54, 1.807) is 34.9 Å². The van der Waals surface area contributed by atoms with Gasteiger partial charge in [0.2, 0.25) is 5.91 Å². The molecule has 2 aromatic carbocycles. The predicted molar refractivity (Wildman–Crippen MR) is 174 cm³/mol. The summed E-state index contributed by atoms with van der Waals surface area (Å²) in [5.41, 5.74) is -0.219. The minimum absolute atomic E-state index is 0.0152. The van der Waals surface area contributed by atoms with E-state index in [1.165, 1.54) is 51.0 Å². The molecule has 4 heterocycles. The molecule has 0 aliphatic carbocycles. The number of aliphatic hydroxyl groups is 1. The number of rotatable bonds is 7. The zero-order chi connectivity index (χ0) is 35.1. The van der Waals surface area contributed by atoms with Crippen molar-refractivity contribution in [2.75, 3.05) is 26.2 Å². The van der Waals surface area contributed by atoms with Crippen molar-refractivity contribution in [1.82, 2.24) is 23.9 Å². The summed E-state index contributed by atoms with van der Waals surface area (Å²) in [6.45, 7) is 2.21. The lowest BCUT2D eigenvalue weighted by atomic mass is 9.89. The second kappa shape index (κ2) is 13.5. The van der Waals surface area contributed by atoms with Crippen LogP contribution >= 0.6 is 11.6 Å². The number of hydrogen-bond acceptors (Lipinski definition) is 6. The first-order valence-electron chi connectivity index (χ1n) is 15.8. The normalized spacial score (nSPS) is 20.4. The third kappa shape index (κ3) is 7.17. The minimum Gasteiger partial charge on any atom is -0.465 e. The van der Waals surface area contributed by atoms with Crippen LogP contribution in [0, 0.1) is 0 Å². The summed E-state index contributed by atoms with van der Waals surface area (Å²) in [6, 6.07) is 15.4. The van der Waals surface area contributed by atoms with Gasteiger partial charge in [-0.15, -0.1) is 0 Å². The van der Waals surface area contributed by atoms with Crippen LogP contribution in [0.5, 0.6) is 0 Å².